The molecule has 0 unspecified atom stereocenters. The molecule has 1 saturated carbocycles. The van der Waals surface area contributed by atoms with Gasteiger partial charge in [0, 0.05) is 11.3 Å². The number of hydrogen-bond acceptors (Lipinski definition) is 6. The van der Waals surface area contributed by atoms with Gasteiger partial charge in [0.1, 0.15) is 16.4 Å². The summed E-state index contributed by atoms with van der Waals surface area (Å²) in [5, 5.41) is 1.27. The topological polar surface area (TPSA) is 61.2 Å². The number of aryl methyl sites for hydroxylation is 2. The zero-order chi connectivity index (χ0) is 20.7. The van der Waals surface area contributed by atoms with Gasteiger partial charge in [-0.3, -0.25) is 14.2 Å². The summed E-state index contributed by atoms with van der Waals surface area (Å²) in [6, 6.07) is 7.49. The van der Waals surface area contributed by atoms with Crippen molar-refractivity contribution < 1.29 is 9.53 Å². The first-order valence-corrected chi connectivity index (χ1v) is 12.3. The lowest BCUT2D eigenvalue weighted by Crippen LogP contribution is -2.26. The van der Waals surface area contributed by atoms with E-state index in [0.29, 0.717) is 11.6 Å². The Labute approximate surface area is 183 Å². The van der Waals surface area contributed by atoms with E-state index in [4.69, 9.17) is 9.72 Å². The lowest BCUT2D eigenvalue weighted by Gasteiger charge is -2.21. The molecule has 0 saturated heterocycles. The number of ether oxygens (including phenoxy) is 1. The van der Waals surface area contributed by atoms with Crippen molar-refractivity contribution in [3.05, 3.63) is 45.1 Å². The minimum atomic E-state index is -0.123. The fourth-order valence-electron chi connectivity index (χ4n) is 4.43. The lowest BCUT2D eigenvalue weighted by molar-refractivity contribution is -0.119. The number of fused-ring (bicyclic) bond motifs is 3. The number of nitrogens with zero attached hydrogens (tertiary/aromatic N) is 2. The first-order valence-electron chi connectivity index (χ1n) is 10.6. The van der Waals surface area contributed by atoms with E-state index >= 15 is 0 Å². The SMILES string of the molecule is COc1ccc(-n2c(S[C@@H]3CCCCC3=O)nc3sc4c(c3c2=O)CCCC4)cc1. The van der Waals surface area contributed by atoms with Gasteiger partial charge < -0.3 is 4.74 Å². The summed E-state index contributed by atoms with van der Waals surface area (Å²) in [6.45, 7) is 0. The summed E-state index contributed by atoms with van der Waals surface area (Å²) in [7, 11) is 1.63. The minimum Gasteiger partial charge on any atom is -0.497 e. The molecule has 1 fully saturated rings. The first-order chi connectivity index (χ1) is 14.7. The van der Waals surface area contributed by atoms with Gasteiger partial charge >= 0.3 is 0 Å². The van der Waals surface area contributed by atoms with Crippen molar-refractivity contribution in [1.29, 1.82) is 0 Å². The Balaban J connectivity index is 1.69. The zero-order valence-electron chi connectivity index (χ0n) is 17.0. The highest BCUT2D eigenvalue weighted by molar-refractivity contribution is 8.00. The van der Waals surface area contributed by atoms with Crippen LogP contribution >= 0.6 is 23.1 Å². The molecular formula is C23H24N2O3S2. The second-order valence-corrected chi connectivity index (χ2v) is 10.2. The fraction of sp³-hybridized carbons (Fsp3) is 0.435. The van der Waals surface area contributed by atoms with E-state index in [1.807, 2.05) is 24.3 Å². The maximum Gasteiger partial charge on any atom is 0.267 e. The Morgan fingerprint density at radius 1 is 1.07 bits per heavy atom. The monoisotopic (exact) mass is 440 g/mol. The smallest absolute Gasteiger partial charge is 0.267 e. The van der Waals surface area contributed by atoms with Crippen molar-refractivity contribution in [3.8, 4) is 11.4 Å². The summed E-state index contributed by atoms with van der Waals surface area (Å²) >= 11 is 3.11. The van der Waals surface area contributed by atoms with Crippen molar-refractivity contribution in [2.75, 3.05) is 7.11 Å². The summed E-state index contributed by atoms with van der Waals surface area (Å²) in [5.41, 5.74) is 1.93. The van der Waals surface area contributed by atoms with Gasteiger partial charge in [-0.05, 0) is 68.4 Å². The molecule has 2 aromatic heterocycles. The molecule has 0 radical (unpaired) electrons. The van der Waals surface area contributed by atoms with E-state index in [-0.39, 0.29) is 16.6 Å². The molecule has 2 aliphatic rings. The number of aromatic nitrogens is 2. The molecular weight excluding hydrogens is 416 g/mol. The number of methoxy groups -OCH3 is 1. The van der Waals surface area contributed by atoms with Gasteiger partial charge in [0.25, 0.3) is 5.56 Å². The van der Waals surface area contributed by atoms with Gasteiger partial charge in [0.15, 0.2) is 5.16 Å². The zero-order valence-corrected chi connectivity index (χ0v) is 18.6. The van der Waals surface area contributed by atoms with E-state index in [9.17, 15) is 9.59 Å². The maximum absolute atomic E-state index is 13.8. The number of carbonyl (C=O) groups is 1. The van der Waals surface area contributed by atoms with Gasteiger partial charge in [0.2, 0.25) is 0 Å². The predicted molar refractivity (Wildman–Crippen MR) is 122 cm³/mol. The molecule has 2 aliphatic carbocycles. The molecule has 0 aliphatic heterocycles. The molecule has 1 atom stereocenters. The van der Waals surface area contributed by atoms with Crippen LogP contribution in [0, 0.1) is 0 Å². The van der Waals surface area contributed by atoms with Crippen LogP contribution in [0.5, 0.6) is 5.75 Å². The molecule has 0 bridgehead atoms. The summed E-state index contributed by atoms with van der Waals surface area (Å²) < 4.78 is 6.99. The van der Waals surface area contributed by atoms with Crippen molar-refractivity contribution >= 4 is 39.1 Å². The fourth-order valence-corrected chi connectivity index (χ4v) is 6.96. The first kappa shape index (κ1) is 19.8. The summed E-state index contributed by atoms with van der Waals surface area (Å²) in [5.74, 6) is 1.01. The van der Waals surface area contributed by atoms with Crippen molar-refractivity contribution in [2.24, 2.45) is 0 Å². The van der Waals surface area contributed by atoms with Crippen molar-refractivity contribution in [2.45, 2.75) is 61.8 Å². The van der Waals surface area contributed by atoms with Gasteiger partial charge in [0.05, 0.1) is 23.4 Å². The Morgan fingerprint density at radius 2 is 1.83 bits per heavy atom. The molecule has 5 rings (SSSR count). The molecule has 0 spiro atoms. The van der Waals surface area contributed by atoms with Crippen LogP contribution in [-0.2, 0) is 17.6 Å². The summed E-state index contributed by atoms with van der Waals surface area (Å²) in [4.78, 5) is 33.3. The third kappa shape index (κ3) is 3.48. The molecule has 30 heavy (non-hydrogen) atoms. The number of hydrogen-bond donors (Lipinski definition) is 0. The van der Waals surface area contributed by atoms with Crippen molar-refractivity contribution in [1.82, 2.24) is 9.55 Å². The molecule has 7 heteroatoms. The predicted octanol–water partition coefficient (Wildman–Crippen LogP) is 4.94. The second-order valence-electron chi connectivity index (χ2n) is 7.94. The average molecular weight is 441 g/mol. The number of thioether (sulfide) groups is 1. The van der Waals surface area contributed by atoms with Gasteiger partial charge in [-0.25, -0.2) is 4.98 Å². The number of Topliss-reactive ketones (excluding diaryl/α,β-unsaturated/α-hetero) is 1. The molecule has 2 heterocycles. The largest absolute Gasteiger partial charge is 0.497 e. The van der Waals surface area contributed by atoms with Gasteiger partial charge in [-0.1, -0.05) is 18.2 Å². The highest BCUT2D eigenvalue weighted by atomic mass is 32.2. The Hall–Kier alpha value is -2.12. The van der Waals surface area contributed by atoms with Crippen LogP contribution in [0.1, 0.15) is 49.0 Å². The second kappa shape index (κ2) is 8.19. The van der Waals surface area contributed by atoms with Crippen LogP contribution in [0.25, 0.3) is 15.9 Å². The van der Waals surface area contributed by atoms with Gasteiger partial charge in [-0.2, -0.15) is 0 Å². The number of thiophene rings is 1. The van der Waals surface area contributed by atoms with Gasteiger partial charge in [-0.15, -0.1) is 11.3 Å². The average Bonchev–Trinajstić information content (AvgIpc) is 3.14. The molecule has 3 aromatic rings. The highest BCUT2D eigenvalue weighted by Gasteiger charge is 2.28. The number of rotatable bonds is 4. The molecule has 1 aromatic carbocycles. The van der Waals surface area contributed by atoms with E-state index in [2.05, 4.69) is 0 Å². The van der Waals surface area contributed by atoms with E-state index in [1.165, 1.54) is 28.6 Å². The van der Waals surface area contributed by atoms with Crippen LogP contribution in [-0.4, -0.2) is 27.7 Å². The quantitative estimate of drug-likeness (QED) is 0.538. The standard InChI is InChI=1S/C23H24N2O3S2/c1-28-15-12-10-14(11-13-15)25-22(27)20-16-6-2-4-8-18(16)29-21(20)24-23(25)30-19-9-5-3-7-17(19)26/h10-13,19H,2-9H2,1H3/t19-/m1/s1. The molecule has 5 nitrogen and oxygen atoms in total. The highest BCUT2D eigenvalue weighted by Crippen LogP contribution is 2.37. The van der Waals surface area contributed by atoms with Crippen LogP contribution in [0.15, 0.2) is 34.2 Å². The van der Waals surface area contributed by atoms with E-state index in [0.717, 1.165) is 60.2 Å². The third-order valence-electron chi connectivity index (χ3n) is 6.04. The Kier molecular flexibility index (Phi) is 5.41. The lowest BCUT2D eigenvalue weighted by atomic mass is 9.97. The van der Waals surface area contributed by atoms with Crippen LogP contribution in [0.3, 0.4) is 0 Å². The summed E-state index contributed by atoms with van der Waals surface area (Å²) in [6.07, 6.45) is 7.75. The number of carbonyl (C=O) groups excluding carboxylic acids is 1. The third-order valence-corrected chi connectivity index (χ3v) is 8.49. The molecule has 0 N–H and O–H groups in total. The molecule has 0 amide bonds. The van der Waals surface area contributed by atoms with Crippen LogP contribution < -0.4 is 10.3 Å². The maximum atomic E-state index is 13.8. The van der Waals surface area contributed by atoms with E-state index in [1.54, 1.807) is 23.0 Å². The van der Waals surface area contributed by atoms with Crippen LogP contribution in [0.4, 0.5) is 0 Å². The number of benzene rings is 1. The van der Waals surface area contributed by atoms with Crippen molar-refractivity contribution in [3.63, 3.8) is 0 Å². The normalized spacial score (nSPS) is 19.1. The van der Waals surface area contributed by atoms with Crippen LogP contribution in [0.2, 0.25) is 0 Å². The number of ketones is 1. The Bertz CT molecular complexity index is 1160. The Morgan fingerprint density at radius 3 is 2.60 bits per heavy atom. The molecule has 156 valence electrons. The minimum absolute atomic E-state index is 0.0182. The van der Waals surface area contributed by atoms with E-state index < -0.39 is 0 Å².